The van der Waals surface area contributed by atoms with Gasteiger partial charge < -0.3 is 10.5 Å². The molecule has 0 fully saturated rings. The third-order valence-corrected chi connectivity index (χ3v) is 6.78. The first-order valence-corrected chi connectivity index (χ1v) is 10.8. The second kappa shape index (κ2) is 7.35. The van der Waals surface area contributed by atoms with Gasteiger partial charge in [0.05, 0.1) is 5.71 Å². The van der Waals surface area contributed by atoms with E-state index >= 15 is 0 Å². The number of hydrogen-bond acceptors (Lipinski definition) is 2. The van der Waals surface area contributed by atoms with Gasteiger partial charge in [-0.25, -0.2) is 0 Å². The van der Waals surface area contributed by atoms with Crippen LogP contribution in [0.2, 0.25) is 0 Å². The predicted molar refractivity (Wildman–Crippen MR) is 126 cm³/mol. The Bertz CT molecular complexity index is 1230. The number of hydrogen-bond donors (Lipinski definition) is 2. The molecule has 0 radical (unpaired) electrons. The van der Waals surface area contributed by atoms with E-state index in [1.54, 1.807) is 0 Å². The van der Waals surface area contributed by atoms with Crippen LogP contribution in [0, 0.1) is 17.2 Å². The summed E-state index contributed by atoms with van der Waals surface area (Å²) >= 11 is 0. The van der Waals surface area contributed by atoms with Crippen molar-refractivity contribution in [1.29, 1.82) is 5.41 Å². The molecule has 1 aromatic carbocycles. The van der Waals surface area contributed by atoms with Gasteiger partial charge >= 0.3 is 5.97 Å². The molecule has 0 saturated heterocycles. The van der Waals surface area contributed by atoms with E-state index in [2.05, 4.69) is 43.0 Å². The number of fused-ring (bicyclic) bond motifs is 2. The van der Waals surface area contributed by atoms with Crippen molar-refractivity contribution in [3.63, 3.8) is 0 Å². The van der Waals surface area contributed by atoms with Gasteiger partial charge in [0.25, 0.3) is 0 Å². The van der Waals surface area contributed by atoms with E-state index in [-0.39, 0.29) is 11.6 Å². The molecule has 3 nitrogen and oxygen atoms in total. The zero-order valence-electron chi connectivity index (χ0n) is 17.6. The second-order valence-electron chi connectivity index (χ2n) is 8.47. The minimum atomic E-state index is -0.939. The average Bonchev–Trinajstić information content (AvgIpc) is 3.10. The van der Waals surface area contributed by atoms with Gasteiger partial charge in [0, 0.05) is 5.92 Å². The Morgan fingerprint density at radius 3 is 2.71 bits per heavy atom. The molecule has 1 aromatic rings. The van der Waals surface area contributed by atoms with Gasteiger partial charge in [-0.05, 0) is 76.3 Å². The van der Waals surface area contributed by atoms with Crippen molar-refractivity contribution >= 4 is 22.8 Å². The zero-order valence-corrected chi connectivity index (χ0v) is 17.6. The third kappa shape index (κ3) is 2.96. The standard InChI is InChI=1S/C28H25NO2/c1-3-7-16(2)18-8-4-5-9-19(18)17-12-13-20-23(14-17)21-10-6-11-22-26(21)24(20)15-25(27(22)29)28(30)31/h3-5,7-11,14-15,25-26,29H,2,6,12-13H2,1H3,(H,30,31). The maximum absolute atomic E-state index is 11.8. The first kappa shape index (κ1) is 19.5. The molecule has 4 aliphatic rings. The van der Waals surface area contributed by atoms with E-state index in [1.807, 2.05) is 31.2 Å². The van der Waals surface area contributed by atoms with Crippen molar-refractivity contribution in [2.45, 2.75) is 26.2 Å². The third-order valence-electron chi connectivity index (χ3n) is 6.78. The van der Waals surface area contributed by atoms with Crippen LogP contribution in [0.15, 0.2) is 95.2 Å². The summed E-state index contributed by atoms with van der Waals surface area (Å²) in [5.74, 6) is -1.75. The number of carboxylic acids is 1. The summed E-state index contributed by atoms with van der Waals surface area (Å²) in [7, 11) is 0. The fourth-order valence-corrected chi connectivity index (χ4v) is 5.42. The lowest BCUT2D eigenvalue weighted by molar-refractivity contribution is -0.138. The number of aliphatic carboxylic acids is 1. The van der Waals surface area contributed by atoms with E-state index in [0.29, 0.717) is 0 Å². The molecule has 2 atom stereocenters. The van der Waals surface area contributed by atoms with Crippen molar-refractivity contribution in [2.24, 2.45) is 11.8 Å². The van der Waals surface area contributed by atoms with Crippen LogP contribution in [-0.4, -0.2) is 16.8 Å². The Morgan fingerprint density at radius 2 is 1.94 bits per heavy atom. The van der Waals surface area contributed by atoms with Crippen molar-refractivity contribution in [2.75, 3.05) is 0 Å². The molecule has 0 amide bonds. The van der Waals surface area contributed by atoms with Crippen molar-refractivity contribution < 1.29 is 9.90 Å². The molecule has 5 rings (SSSR count). The largest absolute Gasteiger partial charge is 0.481 e. The summed E-state index contributed by atoms with van der Waals surface area (Å²) in [6.07, 6.45) is 15.0. The summed E-state index contributed by atoms with van der Waals surface area (Å²) in [6, 6.07) is 8.41. The first-order chi connectivity index (χ1) is 15.0. The molecule has 0 aliphatic heterocycles. The van der Waals surface area contributed by atoms with Crippen LogP contribution in [0.25, 0.3) is 11.1 Å². The molecule has 0 bridgehead atoms. The van der Waals surface area contributed by atoms with Crippen LogP contribution >= 0.6 is 0 Å². The molecule has 154 valence electrons. The molecule has 0 aromatic heterocycles. The SMILES string of the molecule is C=C(C=CC)c1ccccc1C1=CC2=C(CC1)C1=CC(C(=O)O)C(=N)C3=CCC=C2C31. The Kier molecular flexibility index (Phi) is 4.62. The van der Waals surface area contributed by atoms with Crippen LogP contribution in [0.4, 0.5) is 0 Å². The number of benzene rings is 1. The highest BCUT2D eigenvalue weighted by Gasteiger charge is 2.44. The van der Waals surface area contributed by atoms with Crippen molar-refractivity contribution in [3.8, 4) is 0 Å². The van der Waals surface area contributed by atoms with E-state index in [4.69, 9.17) is 5.41 Å². The van der Waals surface area contributed by atoms with Gasteiger partial charge in [-0.3, -0.25) is 4.79 Å². The molecule has 4 aliphatic carbocycles. The minimum Gasteiger partial charge on any atom is -0.481 e. The number of nitrogens with one attached hydrogen (secondary N) is 1. The van der Waals surface area contributed by atoms with E-state index < -0.39 is 11.9 Å². The van der Waals surface area contributed by atoms with E-state index in [1.165, 1.54) is 27.9 Å². The summed E-state index contributed by atoms with van der Waals surface area (Å²) < 4.78 is 0. The Morgan fingerprint density at radius 1 is 1.16 bits per heavy atom. The zero-order chi connectivity index (χ0) is 21.7. The lowest BCUT2D eigenvalue weighted by Crippen LogP contribution is -2.32. The van der Waals surface area contributed by atoms with Gasteiger partial charge in [0.1, 0.15) is 5.92 Å². The van der Waals surface area contributed by atoms with E-state index in [9.17, 15) is 9.90 Å². The summed E-state index contributed by atoms with van der Waals surface area (Å²) in [5, 5.41) is 18.2. The molecule has 3 heteroatoms. The smallest absolute Gasteiger partial charge is 0.316 e. The van der Waals surface area contributed by atoms with Crippen LogP contribution in [0.3, 0.4) is 0 Å². The Labute approximate surface area is 182 Å². The van der Waals surface area contributed by atoms with Gasteiger partial charge in [-0.15, -0.1) is 0 Å². The highest BCUT2D eigenvalue weighted by atomic mass is 16.4. The normalized spacial score (nSPS) is 24.2. The molecule has 0 saturated carbocycles. The number of carboxylic acid groups (broad SMARTS) is 1. The summed E-state index contributed by atoms with van der Waals surface area (Å²) in [6.45, 7) is 6.25. The molecule has 31 heavy (non-hydrogen) atoms. The highest BCUT2D eigenvalue weighted by molar-refractivity contribution is 6.14. The summed E-state index contributed by atoms with van der Waals surface area (Å²) in [4.78, 5) is 11.8. The topological polar surface area (TPSA) is 61.1 Å². The number of carbonyl (C=O) groups is 1. The quantitative estimate of drug-likeness (QED) is 0.576. The predicted octanol–water partition coefficient (Wildman–Crippen LogP) is 6.30. The molecular formula is C28H25NO2. The Hall–Kier alpha value is -3.46. The fourth-order valence-electron chi connectivity index (χ4n) is 5.42. The van der Waals surface area contributed by atoms with Gasteiger partial charge in [0.2, 0.25) is 0 Å². The lowest BCUT2D eigenvalue weighted by Gasteiger charge is -2.30. The molecule has 2 N–H and O–H groups in total. The van der Waals surface area contributed by atoms with Crippen molar-refractivity contribution in [3.05, 3.63) is 106 Å². The van der Waals surface area contributed by atoms with E-state index in [0.717, 1.165) is 41.5 Å². The highest BCUT2D eigenvalue weighted by Crippen LogP contribution is 2.54. The summed E-state index contributed by atoms with van der Waals surface area (Å²) in [5.41, 5.74) is 10.6. The van der Waals surface area contributed by atoms with Gasteiger partial charge in [0.15, 0.2) is 0 Å². The second-order valence-corrected chi connectivity index (χ2v) is 8.47. The molecular weight excluding hydrogens is 382 g/mol. The van der Waals surface area contributed by atoms with Gasteiger partial charge in [-0.1, -0.05) is 67.3 Å². The molecule has 0 heterocycles. The molecule has 0 spiro atoms. The maximum Gasteiger partial charge on any atom is 0.316 e. The number of rotatable bonds is 4. The maximum atomic E-state index is 11.8. The monoisotopic (exact) mass is 407 g/mol. The first-order valence-electron chi connectivity index (χ1n) is 10.8. The van der Waals surface area contributed by atoms with Crippen LogP contribution < -0.4 is 0 Å². The minimum absolute atomic E-state index is 0.0330. The fraction of sp³-hybridized carbons (Fsp3) is 0.214. The Balaban J connectivity index is 1.63. The van der Waals surface area contributed by atoms with Gasteiger partial charge in [-0.2, -0.15) is 0 Å². The van der Waals surface area contributed by atoms with Crippen molar-refractivity contribution in [1.82, 2.24) is 0 Å². The molecule has 2 unspecified atom stereocenters. The van der Waals surface area contributed by atoms with Crippen LogP contribution in [0.1, 0.15) is 37.3 Å². The lowest BCUT2D eigenvalue weighted by atomic mass is 9.73. The average molecular weight is 408 g/mol. The number of allylic oxidation sites excluding steroid dienone is 12. The van der Waals surface area contributed by atoms with Crippen LogP contribution in [-0.2, 0) is 4.79 Å². The van der Waals surface area contributed by atoms with Crippen LogP contribution in [0.5, 0.6) is 0 Å².